The predicted octanol–water partition coefficient (Wildman–Crippen LogP) is 12.6. The monoisotopic (exact) mass is 714 g/mol. The minimum absolute atomic E-state index is 0.361. The second-order valence-electron chi connectivity index (χ2n) is 13.4. The summed E-state index contributed by atoms with van der Waals surface area (Å²) in [5.74, 6) is 0. The van der Waals surface area contributed by atoms with Crippen molar-refractivity contribution >= 4 is 77.4 Å². The molecule has 3 aromatic heterocycles. The fourth-order valence-corrected chi connectivity index (χ4v) is 10.4. The molecule has 0 amide bonds. The van der Waals surface area contributed by atoms with Crippen LogP contribution in [0.15, 0.2) is 182 Å². The standard InChI is InChI=1S/C48H30N2Se/c1-2-11-31(12-3-1)32-13-10-14-35(27-32)49-43-18-7-4-15-37(43)40-28-33(21-24-45(40)49)34-22-25-46-41(29-34)38-16-5-8-19-44(38)50(46)36-23-26-48-42(30-36)39-17-6-9-20-47(39)51-48/h1-30H. The summed E-state index contributed by atoms with van der Waals surface area (Å²) in [5, 5.41) is 7.83. The first-order valence-corrected chi connectivity index (χ1v) is 19.1. The average Bonchev–Trinajstić information content (AvgIpc) is 3.85. The van der Waals surface area contributed by atoms with E-state index in [-0.39, 0.29) is 0 Å². The SMILES string of the molecule is c1ccc(-c2cccc(-n3c4ccccc4c4cc(-c5ccc6c(c5)c5ccccc5n6-c5ccc6[se]c7ccccc7c6c5)ccc43)c2)cc1. The van der Waals surface area contributed by atoms with Gasteiger partial charge in [-0.1, -0.05) is 60.7 Å². The van der Waals surface area contributed by atoms with Crippen LogP contribution >= 0.6 is 0 Å². The zero-order valence-electron chi connectivity index (χ0n) is 27.6. The van der Waals surface area contributed by atoms with Crippen molar-refractivity contribution < 1.29 is 0 Å². The molecule has 0 saturated carbocycles. The number of rotatable bonds is 4. The van der Waals surface area contributed by atoms with Crippen LogP contribution in [0.1, 0.15) is 0 Å². The number of hydrogen-bond acceptors (Lipinski definition) is 0. The topological polar surface area (TPSA) is 9.86 Å². The first-order chi connectivity index (χ1) is 25.3. The molecule has 0 aliphatic rings. The van der Waals surface area contributed by atoms with Gasteiger partial charge in [-0.3, -0.25) is 0 Å². The molecule has 0 bridgehead atoms. The van der Waals surface area contributed by atoms with E-state index < -0.39 is 0 Å². The van der Waals surface area contributed by atoms with Crippen LogP contribution in [0, 0.1) is 0 Å². The number of para-hydroxylation sites is 2. The van der Waals surface area contributed by atoms with E-state index in [0.29, 0.717) is 14.5 Å². The number of benzene rings is 8. The summed E-state index contributed by atoms with van der Waals surface area (Å²) >= 11 is 0.361. The maximum atomic E-state index is 2.45. The summed E-state index contributed by atoms with van der Waals surface area (Å²) in [5.41, 5.74) is 12.2. The Bertz CT molecular complexity index is 3140. The third kappa shape index (κ3) is 4.42. The summed E-state index contributed by atoms with van der Waals surface area (Å²) in [6.45, 7) is 0. The van der Waals surface area contributed by atoms with Crippen LogP contribution < -0.4 is 0 Å². The Balaban J connectivity index is 1.07. The van der Waals surface area contributed by atoms with Gasteiger partial charge in [-0.25, -0.2) is 0 Å². The van der Waals surface area contributed by atoms with Crippen molar-refractivity contribution in [3.63, 3.8) is 0 Å². The fourth-order valence-electron chi connectivity index (χ4n) is 8.17. The van der Waals surface area contributed by atoms with Crippen molar-refractivity contribution in [2.75, 3.05) is 0 Å². The third-order valence-corrected chi connectivity index (χ3v) is 12.9. The quantitative estimate of drug-likeness (QED) is 0.161. The minimum Gasteiger partial charge on any atom is -0.0617 e. The van der Waals surface area contributed by atoms with Gasteiger partial charge in [0.05, 0.1) is 11.0 Å². The predicted molar refractivity (Wildman–Crippen MR) is 218 cm³/mol. The molecule has 238 valence electrons. The average molecular weight is 714 g/mol. The van der Waals surface area contributed by atoms with Crippen LogP contribution in [0.2, 0.25) is 0 Å². The Kier molecular flexibility index (Phi) is 6.30. The molecule has 0 saturated heterocycles. The number of fused-ring (bicyclic) bond motifs is 9. The second-order valence-corrected chi connectivity index (χ2v) is 15.6. The van der Waals surface area contributed by atoms with E-state index in [0.717, 1.165) is 0 Å². The van der Waals surface area contributed by atoms with Crippen LogP contribution in [-0.4, -0.2) is 23.6 Å². The van der Waals surface area contributed by atoms with E-state index in [9.17, 15) is 0 Å². The Labute approximate surface area is 300 Å². The molecule has 0 aliphatic heterocycles. The van der Waals surface area contributed by atoms with Crippen LogP contribution in [0.5, 0.6) is 0 Å². The van der Waals surface area contributed by atoms with Gasteiger partial charge in [-0.2, -0.15) is 0 Å². The van der Waals surface area contributed by atoms with E-state index in [1.165, 1.54) is 96.5 Å². The summed E-state index contributed by atoms with van der Waals surface area (Å²) in [7, 11) is 0. The van der Waals surface area contributed by atoms with E-state index >= 15 is 0 Å². The van der Waals surface area contributed by atoms with Gasteiger partial charge in [0, 0.05) is 11.1 Å². The first kappa shape index (κ1) is 28.7. The smallest absolute Gasteiger partial charge is 0.0617 e. The van der Waals surface area contributed by atoms with Crippen LogP contribution in [0.3, 0.4) is 0 Å². The van der Waals surface area contributed by atoms with Crippen molar-refractivity contribution in [3.8, 4) is 33.6 Å². The summed E-state index contributed by atoms with van der Waals surface area (Å²) in [4.78, 5) is 0. The van der Waals surface area contributed by atoms with Gasteiger partial charge in [-0.05, 0) is 29.3 Å². The van der Waals surface area contributed by atoms with Gasteiger partial charge in [0.1, 0.15) is 0 Å². The van der Waals surface area contributed by atoms with Crippen molar-refractivity contribution in [1.82, 2.24) is 9.13 Å². The molecule has 0 fully saturated rings. The van der Waals surface area contributed by atoms with E-state index in [1.54, 1.807) is 0 Å². The third-order valence-electron chi connectivity index (χ3n) is 10.5. The normalized spacial score (nSPS) is 11.9. The van der Waals surface area contributed by atoms with Crippen molar-refractivity contribution in [2.24, 2.45) is 0 Å². The summed E-state index contributed by atoms with van der Waals surface area (Å²) in [6.07, 6.45) is 0. The molecule has 0 spiro atoms. The number of aromatic nitrogens is 2. The Morgan fingerprint density at radius 3 is 1.47 bits per heavy atom. The van der Waals surface area contributed by atoms with Crippen molar-refractivity contribution in [1.29, 1.82) is 0 Å². The van der Waals surface area contributed by atoms with Crippen molar-refractivity contribution in [2.45, 2.75) is 0 Å². The number of nitrogens with zero attached hydrogens (tertiary/aromatic N) is 2. The molecular weight excluding hydrogens is 684 g/mol. The second kappa shape index (κ2) is 11.2. The molecule has 11 aromatic rings. The summed E-state index contributed by atoms with van der Waals surface area (Å²) < 4.78 is 7.80. The number of hydrogen-bond donors (Lipinski definition) is 0. The molecule has 0 radical (unpaired) electrons. The Morgan fingerprint density at radius 2 is 0.784 bits per heavy atom. The zero-order valence-corrected chi connectivity index (χ0v) is 29.3. The molecule has 0 unspecified atom stereocenters. The molecule has 11 rings (SSSR count). The van der Waals surface area contributed by atoms with Crippen LogP contribution in [0.25, 0.3) is 96.5 Å². The molecule has 0 aliphatic carbocycles. The van der Waals surface area contributed by atoms with Gasteiger partial charge < -0.3 is 4.57 Å². The molecule has 51 heavy (non-hydrogen) atoms. The first-order valence-electron chi connectivity index (χ1n) is 17.4. The summed E-state index contributed by atoms with van der Waals surface area (Å²) in [6, 6.07) is 67.1. The molecule has 3 heterocycles. The molecule has 0 atom stereocenters. The van der Waals surface area contributed by atoms with Gasteiger partial charge in [0.2, 0.25) is 0 Å². The van der Waals surface area contributed by atoms with Gasteiger partial charge in [0.15, 0.2) is 0 Å². The van der Waals surface area contributed by atoms with Gasteiger partial charge in [0.25, 0.3) is 0 Å². The molecular formula is C48H30N2Se. The van der Waals surface area contributed by atoms with Crippen LogP contribution in [0.4, 0.5) is 0 Å². The zero-order chi connectivity index (χ0) is 33.5. The van der Waals surface area contributed by atoms with Gasteiger partial charge >= 0.3 is 185 Å². The fraction of sp³-hybridized carbons (Fsp3) is 0. The van der Waals surface area contributed by atoms with E-state index in [4.69, 9.17) is 0 Å². The molecule has 2 nitrogen and oxygen atoms in total. The Hall–Kier alpha value is -6.12. The van der Waals surface area contributed by atoms with E-state index in [2.05, 4.69) is 191 Å². The molecule has 0 N–H and O–H groups in total. The van der Waals surface area contributed by atoms with Crippen molar-refractivity contribution in [3.05, 3.63) is 182 Å². The Morgan fingerprint density at radius 1 is 0.275 bits per heavy atom. The minimum atomic E-state index is 0.361. The van der Waals surface area contributed by atoms with E-state index in [1.807, 2.05) is 0 Å². The molecule has 8 aromatic carbocycles. The maximum absolute atomic E-state index is 2.45. The molecule has 3 heteroatoms. The van der Waals surface area contributed by atoms with Crippen LogP contribution in [-0.2, 0) is 0 Å². The van der Waals surface area contributed by atoms with Gasteiger partial charge in [-0.15, -0.1) is 0 Å².